The molecule has 0 N–H and O–H groups in total. The minimum atomic E-state index is -4.72. The summed E-state index contributed by atoms with van der Waals surface area (Å²) >= 11 is 0. The van der Waals surface area contributed by atoms with Gasteiger partial charge in [-0.05, 0) is 30.7 Å². The maximum Gasteiger partial charge on any atom is 0.307 e. The molecule has 1 aromatic heterocycles. The smallest absolute Gasteiger partial charge is 0.307 e. The van der Waals surface area contributed by atoms with Crippen molar-refractivity contribution in [2.45, 2.75) is 18.6 Å². The first-order valence-corrected chi connectivity index (χ1v) is 7.91. The van der Waals surface area contributed by atoms with E-state index in [2.05, 4.69) is 4.98 Å². The number of carbonyl (C=O) groups is 1. The van der Waals surface area contributed by atoms with Crippen LogP contribution in [0.15, 0.2) is 30.5 Å². The summed E-state index contributed by atoms with van der Waals surface area (Å²) < 4.78 is 35.2. The lowest BCUT2D eigenvalue weighted by Crippen LogP contribution is -2.27. The first-order valence-electron chi connectivity index (χ1n) is 6.46. The number of fused-ring (bicyclic) bond motifs is 1. The van der Waals surface area contributed by atoms with E-state index in [0.29, 0.717) is 11.2 Å². The molecule has 5 nitrogen and oxygen atoms in total. The van der Waals surface area contributed by atoms with E-state index < -0.39 is 15.5 Å². The molecular weight excluding hydrogens is 295 g/mol. The topological polar surface area (TPSA) is 67.3 Å². The van der Waals surface area contributed by atoms with Crippen molar-refractivity contribution in [3.8, 4) is 0 Å². The van der Waals surface area contributed by atoms with E-state index in [1.807, 2.05) is 25.1 Å². The third kappa shape index (κ3) is 2.37. The summed E-state index contributed by atoms with van der Waals surface area (Å²) in [5, 5.41) is -0.543. The zero-order valence-electron chi connectivity index (χ0n) is 11.3. The average Bonchev–Trinajstić information content (AvgIpc) is 2.80. The maximum atomic E-state index is 13.2. The van der Waals surface area contributed by atoms with Crippen LogP contribution < -0.4 is 4.90 Å². The Balaban J connectivity index is 2.13. The van der Waals surface area contributed by atoms with Crippen LogP contribution in [0, 0.1) is 6.92 Å². The summed E-state index contributed by atoms with van der Waals surface area (Å²) in [5.41, 5.74) is 2.13. The Labute approximate surface area is 121 Å². The number of rotatable bonds is 2. The highest BCUT2D eigenvalue weighted by molar-refractivity contribution is 7.87. The van der Waals surface area contributed by atoms with Crippen LogP contribution in [-0.4, -0.2) is 31.1 Å². The van der Waals surface area contributed by atoms with Crippen molar-refractivity contribution in [3.05, 3.63) is 36.0 Å². The lowest BCUT2D eigenvalue weighted by Gasteiger charge is -2.20. The molecule has 1 unspecified atom stereocenters. The van der Waals surface area contributed by atoms with E-state index in [-0.39, 0.29) is 18.9 Å². The predicted molar refractivity (Wildman–Crippen MR) is 77.3 cm³/mol. The number of amides is 1. The van der Waals surface area contributed by atoms with Crippen LogP contribution in [0.5, 0.6) is 0 Å². The largest absolute Gasteiger partial charge is 0.310 e. The Morgan fingerprint density at radius 1 is 1.33 bits per heavy atom. The minimum Gasteiger partial charge on any atom is -0.310 e. The first-order chi connectivity index (χ1) is 9.88. The standard InChI is InChI=1S/C14H13FN2O3S/c1-9-4-5-12-11(3-2-6-16-12)14(9)17-8-10(7-13(17)18)21(15,19)20/h2-6,10H,7-8H2,1H3. The number of nitrogens with zero attached hydrogens (tertiary/aromatic N) is 2. The van der Waals surface area contributed by atoms with Crippen molar-refractivity contribution >= 4 is 32.7 Å². The fourth-order valence-electron chi connectivity index (χ4n) is 2.68. The predicted octanol–water partition coefficient (Wildman–Crippen LogP) is 1.95. The lowest BCUT2D eigenvalue weighted by molar-refractivity contribution is -0.117. The molecule has 7 heteroatoms. The number of anilines is 1. The molecule has 0 aliphatic carbocycles. The first kappa shape index (κ1) is 13.9. The van der Waals surface area contributed by atoms with E-state index in [1.165, 1.54) is 4.90 Å². The summed E-state index contributed by atoms with van der Waals surface area (Å²) in [6.45, 7) is 1.67. The summed E-state index contributed by atoms with van der Waals surface area (Å²) in [5.74, 6) is -0.388. The van der Waals surface area contributed by atoms with Gasteiger partial charge in [0.2, 0.25) is 5.91 Å². The van der Waals surface area contributed by atoms with Gasteiger partial charge in [-0.2, -0.15) is 8.42 Å². The van der Waals surface area contributed by atoms with Gasteiger partial charge in [0, 0.05) is 24.5 Å². The molecule has 1 amide bonds. The molecule has 0 spiro atoms. The van der Waals surface area contributed by atoms with E-state index in [4.69, 9.17) is 0 Å². The Morgan fingerprint density at radius 3 is 2.76 bits per heavy atom. The minimum absolute atomic E-state index is 0.160. The zero-order chi connectivity index (χ0) is 15.2. The van der Waals surface area contributed by atoms with Crippen LogP contribution in [0.1, 0.15) is 12.0 Å². The summed E-state index contributed by atoms with van der Waals surface area (Å²) in [6.07, 6.45) is 1.32. The van der Waals surface area contributed by atoms with Crippen molar-refractivity contribution in [3.63, 3.8) is 0 Å². The quantitative estimate of drug-likeness (QED) is 0.795. The zero-order valence-corrected chi connectivity index (χ0v) is 12.1. The molecule has 2 aromatic rings. The number of hydrogen-bond acceptors (Lipinski definition) is 4. The van der Waals surface area contributed by atoms with Crippen molar-refractivity contribution in [2.75, 3.05) is 11.4 Å². The molecule has 2 heterocycles. The van der Waals surface area contributed by atoms with Gasteiger partial charge in [-0.1, -0.05) is 6.07 Å². The Hall–Kier alpha value is -2.02. The molecule has 1 aliphatic rings. The van der Waals surface area contributed by atoms with Crippen molar-refractivity contribution in [1.29, 1.82) is 0 Å². The van der Waals surface area contributed by atoms with Crippen LogP contribution in [0.3, 0.4) is 0 Å². The van der Waals surface area contributed by atoms with Gasteiger partial charge >= 0.3 is 10.2 Å². The van der Waals surface area contributed by atoms with Gasteiger partial charge in [0.1, 0.15) is 5.25 Å². The van der Waals surface area contributed by atoms with Gasteiger partial charge in [-0.15, -0.1) is 3.89 Å². The van der Waals surface area contributed by atoms with Crippen molar-refractivity contribution in [1.82, 2.24) is 4.98 Å². The highest BCUT2D eigenvalue weighted by atomic mass is 32.3. The second kappa shape index (κ2) is 4.77. The molecule has 1 fully saturated rings. The third-order valence-electron chi connectivity index (χ3n) is 3.72. The number of benzene rings is 1. The molecule has 1 aliphatic heterocycles. The van der Waals surface area contributed by atoms with Crippen LogP contribution in [0.25, 0.3) is 10.9 Å². The van der Waals surface area contributed by atoms with Gasteiger partial charge < -0.3 is 4.90 Å². The van der Waals surface area contributed by atoms with Gasteiger partial charge in [-0.3, -0.25) is 9.78 Å². The van der Waals surface area contributed by atoms with E-state index >= 15 is 0 Å². The van der Waals surface area contributed by atoms with Gasteiger partial charge in [0.05, 0.1) is 11.2 Å². The maximum absolute atomic E-state index is 13.2. The number of aromatic nitrogens is 1. The molecule has 0 saturated carbocycles. The number of pyridine rings is 1. The van der Waals surface area contributed by atoms with Crippen molar-refractivity contribution in [2.24, 2.45) is 0 Å². The average molecular weight is 308 g/mol. The Kier molecular flexibility index (Phi) is 3.16. The second-order valence-corrected chi connectivity index (χ2v) is 6.72. The lowest BCUT2D eigenvalue weighted by atomic mass is 10.1. The SMILES string of the molecule is Cc1ccc2ncccc2c1N1CC(S(=O)(=O)F)CC1=O. The highest BCUT2D eigenvalue weighted by Crippen LogP contribution is 2.34. The number of halogens is 1. The molecule has 3 rings (SSSR count). The molecule has 0 bridgehead atoms. The highest BCUT2D eigenvalue weighted by Gasteiger charge is 2.39. The van der Waals surface area contributed by atoms with E-state index in [0.717, 1.165) is 10.9 Å². The molecule has 0 radical (unpaired) electrons. The second-order valence-electron chi connectivity index (χ2n) is 5.11. The molecule has 1 saturated heterocycles. The van der Waals surface area contributed by atoms with Crippen LogP contribution in [-0.2, 0) is 15.0 Å². The number of aryl methyl sites for hydroxylation is 1. The number of hydrogen-bond donors (Lipinski definition) is 0. The summed E-state index contributed by atoms with van der Waals surface area (Å²) in [4.78, 5) is 17.7. The molecular formula is C14H13FN2O3S. The normalized spacial score (nSPS) is 19.4. The van der Waals surface area contributed by atoms with Crippen LogP contribution in [0.4, 0.5) is 9.57 Å². The van der Waals surface area contributed by atoms with Gasteiger partial charge in [0.15, 0.2) is 0 Å². The van der Waals surface area contributed by atoms with Crippen LogP contribution >= 0.6 is 0 Å². The number of carbonyl (C=O) groups excluding carboxylic acids is 1. The Morgan fingerprint density at radius 2 is 2.10 bits per heavy atom. The van der Waals surface area contributed by atoms with Crippen LogP contribution in [0.2, 0.25) is 0 Å². The monoisotopic (exact) mass is 308 g/mol. The molecule has 1 atom stereocenters. The van der Waals surface area contributed by atoms with Gasteiger partial charge in [-0.25, -0.2) is 0 Å². The molecule has 110 valence electrons. The summed E-state index contributed by atoms with van der Waals surface area (Å²) in [6, 6.07) is 7.21. The van der Waals surface area contributed by atoms with E-state index in [9.17, 15) is 17.1 Å². The van der Waals surface area contributed by atoms with E-state index in [1.54, 1.807) is 12.3 Å². The fraction of sp³-hybridized carbons (Fsp3) is 0.286. The van der Waals surface area contributed by atoms with Gasteiger partial charge in [0.25, 0.3) is 0 Å². The summed E-state index contributed by atoms with van der Waals surface area (Å²) in [7, 11) is -4.72. The molecule has 21 heavy (non-hydrogen) atoms. The fourth-order valence-corrected chi connectivity index (χ4v) is 3.35. The van der Waals surface area contributed by atoms with Crippen molar-refractivity contribution < 1.29 is 17.1 Å². The Bertz CT molecular complexity index is 835. The molecule has 1 aromatic carbocycles. The third-order valence-corrected chi connectivity index (χ3v) is 4.83.